The molecule has 2 aromatic rings. The highest BCUT2D eigenvalue weighted by molar-refractivity contribution is 6.34. The molecule has 4 saturated carbocycles. The predicted octanol–water partition coefficient (Wildman–Crippen LogP) is 5.35. The van der Waals surface area contributed by atoms with Crippen molar-refractivity contribution in [2.45, 2.75) is 45.4 Å². The minimum atomic E-state index is -1.10. The highest BCUT2D eigenvalue weighted by atomic mass is 35.5. The average molecular weight is 439 g/mol. The van der Waals surface area contributed by atoms with Crippen molar-refractivity contribution in [1.82, 2.24) is 10.3 Å². The molecule has 1 amide bonds. The maximum atomic E-state index is 13.1. The van der Waals surface area contributed by atoms with Crippen LogP contribution in [0.1, 0.15) is 64.9 Å². The van der Waals surface area contributed by atoms with Crippen LogP contribution in [0.15, 0.2) is 30.5 Å². The first-order valence-corrected chi connectivity index (χ1v) is 11.5. The summed E-state index contributed by atoms with van der Waals surface area (Å²) in [6.07, 6.45) is 9.33. The van der Waals surface area contributed by atoms with Crippen molar-refractivity contribution in [3.05, 3.63) is 52.3 Å². The summed E-state index contributed by atoms with van der Waals surface area (Å²) in [5.41, 5.74) is 2.54. The van der Waals surface area contributed by atoms with E-state index < -0.39 is 5.97 Å². The Labute approximate surface area is 187 Å². The first-order valence-electron chi connectivity index (χ1n) is 11.1. The zero-order valence-electron chi connectivity index (χ0n) is 17.7. The van der Waals surface area contributed by atoms with E-state index in [2.05, 4.69) is 10.3 Å². The summed E-state index contributed by atoms with van der Waals surface area (Å²) in [7, 11) is 0. The Balaban J connectivity index is 1.38. The number of carbonyl (C=O) groups is 2. The third-order valence-electron chi connectivity index (χ3n) is 7.54. The standard InChI is InChI=1S/C25H27ClN2O3/c1-14-4-19(22(24(30)31)27-12-14)18-2-3-21(26)20(8-18)23(29)28-13-25-9-15-5-16(10-25)7-17(6-15)11-25/h2-4,8,12,15-17H,5-7,9-11,13H2,1H3,(H,28,29)(H,30,31). The number of amides is 1. The van der Waals surface area contributed by atoms with Crippen molar-refractivity contribution in [2.24, 2.45) is 23.2 Å². The van der Waals surface area contributed by atoms with E-state index in [1.54, 1.807) is 24.3 Å². The summed E-state index contributed by atoms with van der Waals surface area (Å²) in [4.78, 5) is 28.8. The first kappa shape index (κ1) is 20.5. The molecule has 4 bridgehead atoms. The number of carbonyl (C=O) groups excluding carboxylic acids is 1. The van der Waals surface area contributed by atoms with Gasteiger partial charge in [0.15, 0.2) is 5.69 Å². The molecule has 1 aromatic heterocycles. The smallest absolute Gasteiger partial charge is 0.355 e. The number of hydrogen-bond donors (Lipinski definition) is 2. The monoisotopic (exact) mass is 438 g/mol. The number of carboxylic acid groups (broad SMARTS) is 1. The molecule has 0 radical (unpaired) electrons. The van der Waals surface area contributed by atoms with Gasteiger partial charge in [0.2, 0.25) is 0 Å². The van der Waals surface area contributed by atoms with Gasteiger partial charge in [-0.25, -0.2) is 9.78 Å². The predicted molar refractivity (Wildman–Crippen MR) is 119 cm³/mol. The zero-order valence-corrected chi connectivity index (χ0v) is 18.4. The van der Waals surface area contributed by atoms with Crippen LogP contribution in [0.25, 0.3) is 11.1 Å². The number of hydrogen-bond acceptors (Lipinski definition) is 3. The van der Waals surface area contributed by atoms with E-state index in [4.69, 9.17) is 11.6 Å². The Bertz CT molecular complexity index is 1030. The maximum Gasteiger partial charge on any atom is 0.355 e. The van der Waals surface area contributed by atoms with Crippen LogP contribution in [0, 0.1) is 30.1 Å². The van der Waals surface area contributed by atoms with Crippen LogP contribution in [-0.2, 0) is 0 Å². The third-order valence-corrected chi connectivity index (χ3v) is 7.87. The second-order valence-electron chi connectivity index (χ2n) is 10.0. The molecule has 0 atom stereocenters. The van der Waals surface area contributed by atoms with Crippen LogP contribution in [0.2, 0.25) is 5.02 Å². The lowest BCUT2D eigenvalue weighted by Crippen LogP contribution is -2.51. The van der Waals surface area contributed by atoms with Crippen molar-refractivity contribution in [3.63, 3.8) is 0 Å². The lowest BCUT2D eigenvalue weighted by Gasteiger charge is -2.56. The van der Waals surface area contributed by atoms with E-state index in [-0.39, 0.29) is 17.0 Å². The van der Waals surface area contributed by atoms with Crippen LogP contribution < -0.4 is 5.32 Å². The molecule has 0 unspecified atom stereocenters. The molecule has 0 aliphatic heterocycles. The molecule has 2 N–H and O–H groups in total. The van der Waals surface area contributed by atoms with E-state index in [1.807, 2.05) is 6.92 Å². The summed E-state index contributed by atoms with van der Waals surface area (Å²) in [5.74, 6) is 1.20. The molecule has 6 rings (SSSR count). The molecule has 0 spiro atoms. The fourth-order valence-corrected chi connectivity index (χ4v) is 6.90. The number of nitrogens with one attached hydrogen (secondary N) is 1. The number of aromatic carboxylic acids is 1. The lowest BCUT2D eigenvalue weighted by atomic mass is 9.49. The fraction of sp³-hybridized carbons (Fsp3) is 0.480. The van der Waals surface area contributed by atoms with Crippen LogP contribution in [0.3, 0.4) is 0 Å². The Morgan fingerprint density at radius 2 is 1.77 bits per heavy atom. The van der Waals surface area contributed by atoms with E-state index >= 15 is 0 Å². The minimum Gasteiger partial charge on any atom is -0.476 e. The summed E-state index contributed by atoms with van der Waals surface area (Å²) in [6, 6.07) is 6.85. The number of pyridine rings is 1. The van der Waals surface area contributed by atoms with E-state index in [0.29, 0.717) is 28.3 Å². The molecular weight excluding hydrogens is 412 g/mol. The second kappa shape index (κ2) is 7.63. The third kappa shape index (κ3) is 3.84. The van der Waals surface area contributed by atoms with Crippen molar-refractivity contribution < 1.29 is 14.7 Å². The van der Waals surface area contributed by atoms with Gasteiger partial charge in [-0.2, -0.15) is 0 Å². The highest BCUT2D eigenvalue weighted by Gasteiger charge is 2.50. The van der Waals surface area contributed by atoms with Crippen molar-refractivity contribution in [1.29, 1.82) is 0 Å². The van der Waals surface area contributed by atoms with Gasteiger partial charge in [-0.3, -0.25) is 4.79 Å². The fourth-order valence-electron chi connectivity index (χ4n) is 6.70. The number of nitrogens with zero attached hydrogens (tertiary/aromatic N) is 1. The van der Waals surface area contributed by atoms with Gasteiger partial charge in [0.25, 0.3) is 5.91 Å². The molecule has 6 heteroatoms. The second-order valence-corrected chi connectivity index (χ2v) is 10.4. The molecule has 4 fully saturated rings. The van der Waals surface area contributed by atoms with Crippen LogP contribution in [0.5, 0.6) is 0 Å². The first-order chi connectivity index (χ1) is 14.8. The number of rotatable bonds is 5. The molecular formula is C25H27ClN2O3. The molecule has 1 heterocycles. The number of halogens is 1. The number of carboxylic acids is 1. The van der Waals surface area contributed by atoms with Crippen molar-refractivity contribution in [2.75, 3.05) is 6.54 Å². The van der Waals surface area contributed by atoms with Gasteiger partial charge in [0.1, 0.15) is 0 Å². The average Bonchev–Trinajstić information content (AvgIpc) is 2.71. The summed E-state index contributed by atoms with van der Waals surface area (Å²) < 4.78 is 0. The topological polar surface area (TPSA) is 79.3 Å². The van der Waals surface area contributed by atoms with Gasteiger partial charge >= 0.3 is 5.97 Å². The molecule has 5 nitrogen and oxygen atoms in total. The molecule has 1 aromatic carbocycles. The van der Waals surface area contributed by atoms with Crippen LogP contribution >= 0.6 is 11.6 Å². The van der Waals surface area contributed by atoms with E-state index in [9.17, 15) is 14.7 Å². The Morgan fingerprint density at radius 1 is 1.13 bits per heavy atom. The Kier molecular flexibility index (Phi) is 5.04. The quantitative estimate of drug-likeness (QED) is 0.659. The number of aryl methyl sites for hydroxylation is 1. The molecule has 4 aliphatic rings. The summed E-state index contributed by atoms with van der Waals surface area (Å²) in [6.45, 7) is 2.55. The Morgan fingerprint density at radius 3 is 2.39 bits per heavy atom. The number of benzene rings is 1. The SMILES string of the molecule is Cc1cnc(C(=O)O)c(-c2ccc(Cl)c(C(=O)NCC34CC5CC(CC(C5)C3)C4)c2)c1. The van der Waals surface area contributed by atoms with Crippen molar-refractivity contribution in [3.8, 4) is 11.1 Å². The molecule has 162 valence electrons. The summed E-state index contributed by atoms with van der Waals surface area (Å²) >= 11 is 6.37. The van der Waals surface area contributed by atoms with E-state index in [0.717, 1.165) is 23.3 Å². The van der Waals surface area contributed by atoms with Gasteiger partial charge in [-0.15, -0.1) is 0 Å². The number of aromatic nitrogens is 1. The van der Waals surface area contributed by atoms with Gasteiger partial charge < -0.3 is 10.4 Å². The van der Waals surface area contributed by atoms with Crippen LogP contribution in [-0.4, -0.2) is 28.5 Å². The zero-order chi connectivity index (χ0) is 21.8. The molecule has 31 heavy (non-hydrogen) atoms. The molecule has 4 aliphatic carbocycles. The lowest BCUT2D eigenvalue weighted by molar-refractivity contribution is -0.0503. The van der Waals surface area contributed by atoms with Gasteiger partial charge in [0, 0.05) is 18.3 Å². The normalized spacial score (nSPS) is 28.5. The van der Waals surface area contributed by atoms with Gasteiger partial charge in [0.05, 0.1) is 10.6 Å². The molecule has 0 saturated heterocycles. The summed E-state index contributed by atoms with van der Waals surface area (Å²) in [5, 5.41) is 13.1. The van der Waals surface area contributed by atoms with Crippen LogP contribution in [0.4, 0.5) is 0 Å². The minimum absolute atomic E-state index is 0.0344. The van der Waals surface area contributed by atoms with Crippen molar-refractivity contribution >= 4 is 23.5 Å². The highest BCUT2D eigenvalue weighted by Crippen LogP contribution is 2.59. The Hall–Kier alpha value is -2.40. The largest absolute Gasteiger partial charge is 0.476 e. The maximum absolute atomic E-state index is 13.1. The van der Waals surface area contributed by atoms with Gasteiger partial charge in [-0.1, -0.05) is 17.7 Å². The van der Waals surface area contributed by atoms with Gasteiger partial charge in [-0.05, 0) is 97.9 Å². The van der Waals surface area contributed by atoms with E-state index in [1.165, 1.54) is 44.7 Å².